The molecule has 3 aliphatic rings. The number of carbonyl (C=O) groups is 1. The van der Waals surface area contributed by atoms with E-state index < -0.39 is 0 Å². The zero-order valence-electron chi connectivity index (χ0n) is 17.7. The molecule has 0 radical (unpaired) electrons. The number of hydrogen-bond donors (Lipinski definition) is 2. The summed E-state index contributed by atoms with van der Waals surface area (Å²) in [4.78, 5) is 23.3. The number of carbonyl (C=O) groups excluding carboxylic acids is 1. The number of amides is 1. The molecule has 2 aliphatic heterocycles. The van der Waals surface area contributed by atoms with Crippen molar-refractivity contribution in [3.8, 4) is 0 Å². The van der Waals surface area contributed by atoms with Gasteiger partial charge in [0, 0.05) is 63.2 Å². The second-order valence-corrected chi connectivity index (χ2v) is 9.64. The number of nitrogens with zero attached hydrogens (tertiary/aromatic N) is 3. The Morgan fingerprint density at radius 3 is 2.93 bits per heavy atom. The Bertz CT molecular complexity index is 712. The quantitative estimate of drug-likeness (QED) is 0.571. The molecular weight excluding hydrogens is 382 g/mol. The van der Waals surface area contributed by atoms with E-state index in [2.05, 4.69) is 36.9 Å². The lowest BCUT2D eigenvalue weighted by Crippen LogP contribution is -2.47. The van der Waals surface area contributed by atoms with Crippen molar-refractivity contribution in [3.05, 3.63) is 21.9 Å². The smallest absolute Gasteiger partial charge is 0.225 e. The van der Waals surface area contributed by atoms with Crippen LogP contribution in [0.5, 0.6) is 0 Å². The van der Waals surface area contributed by atoms with Crippen LogP contribution in [0.25, 0.3) is 0 Å². The molecule has 1 aliphatic carbocycles. The van der Waals surface area contributed by atoms with Crippen LogP contribution in [0.4, 0.5) is 0 Å². The van der Waals surface area contributed by atoms with Crippen molar-refractivity contribution >= 4 is 23.2 Å². The monoisotopic (exact) mass is 417 g/mol. The Hall–Kier alpha value is -1.60. The van der Waals surface area contributed by atoms with Crippen LogP contribution < -0.4 is 10.6 Å². The fourth-order valence-corrected chi connectivity index (χ4v) is 5.79. The highest BCUT2D eigenvalue weighted by molar-refractivity contribution is 7.10. The van der Waals surface area contributed by atoms with E-state index in [0.717, 1.165) is 64.5 Å². The molecule has 1 saturated carbocycles. The lowest BCUT2D eigenvalue weighted by atomic mass is 9.88. The summed E-state index contributed by atoms with van der Waals surface area (Å²) < 4.78 is 0. The molecule has 0 bridgehead atoms. The molecule has 1 atom stereocenters. The summed E-state index contributed by atoms with van der Waals surface area (Å²) in [5.41, 5.74) is 1.50. The number of guanidine groups is 1. The van der Waals surface area contributed by atoms with Crippen LogP contribution in [0.2, 0.25) is 0 Å². The van der Waals surface area contributed by atoms with Crippen LogP contribution in [-0.4, -0.2) is 67.5 Å². The van der Waals surface area contributed by atoms with Crippen molar-refractivity contribution in [2.45, 2.75) is 57.5 Å². The van der Waals surface area contributed by atoms with E-state index in [0.29, 0.717) is 11.9 Å². The minimum absolute atomic E-state index is 0.272. The molecule has 4 rings (SSSR count). The van der Waals surface area contributed by atoms with Gasteiger partial charge in [-0.25, -0.2) is 0 Å². The molecule has 7 heteroatoms. The zero-order chi connectivity index (χ0) is 20.1. The molecule has 2 fully saturated rings. The molecule has 3 heterocycles. The van der Waals surface area contributed by atoms with E-state index in [9.17, 15) is 4.79 Å². The van der Waals surface area contributed by atoms with Gasteiger partial charge >= 0.3 is 0 Å². The third kappa shape index (κ3) is 5.31. The van der Waals surface area contributed by atoms with Crippen LogP contribution in [0.3, 0.4) is 0 Å². The topological polar surface area (TPSA) is 60.0 Å². The van der Waals surface area contributed by atoms with Gasteiger partial charge in [0.15, 0.2) is 5.96 Å². The highest BCUT2D eigenvalue weighted by atomic mass is 32.1. The van der Waals surface area contributed by atoms with E-state index in [-0.39, 0.29) is 5.92 Å². The predicted octanol–water partition coefficient (Wildman–Crippen LogP) is 2.45. The number of rotatable bonds is 5. The Morgan fingerprint density at radius 1 is 1.24 bits per heavy atom. The van der Waals surface area contributed by atoms with Gasteiger partial charge in [-0.1, -0.05) is 19.3 Å². The molecule has 6 nitrogen and oxygen atoms in total. The number of aliphatic imine (C=N–C) groups is 1. The SMILES string of the molecule is CN=C(NCCN1CCc2sccc2C1)NC1CCN(C(=O)C2CCCCC2)C1. The van der Waals surface area contributed by atoms with E-state index in [1.165, 1.54) is 31.2 Å². The summed E-state index contributed by atoms with van der Waals surface area (Å²) in [5, 5.41) is 9.21. The van der Waals surface area contributed by atoms with E-state index in [4.69, 9.17) is 0 Å². The molecule has 1 amide bonds. The number of fused-ring (bicyclic) bond motifs is 1. The lowest BCUT2D eigenvalue weighted by molar-refractivity contribution is -0.135. The molecular formula is C22H35N5OS. The first-order chi connectivity index (χ1) is 14.2. The Balaban J connectivity index is 1.17. The molecule has 1 aromatic rings. The molecule has 2 N–H and O–H groups in total. The number of likely N-dealkylation sites (tertiary alicyclic amines) is 1. The molecule has 0 spiro atoms. The van der Waals surface area contributed by atoms with Crippen molar-refractivity contribution in [2.24, 2.45) is 10.9 Å². The van der Waals surface area contributed by atoms with E-state index >= 15 is 0 Å². The van der Waals surface area contributed by atoms with Gasteiger partial charge in [-0.05, 0) is 42.7 Å². The van der Waals surface area contributed by atoms with Gasteiger partial charge in [0.25, 0.3) is 0 Å². The van der Waals surface area contributed by atoms with Crippen LogP contribution in [0, 0.1) is 5.92 Å². The van der Waals surface area contributed by atoms with Crippen LogP contribution in [0.1, 0.15) is 49.0 Å². The summed E-state index contributed by atoms with van der Waals surface area (Å²) >= 11 is 1.89. The van der Waals surface area contributed by atoms with Crippen molar-refractivity contribution < 1.29 is 4.79 Å². The minimum Gasteiger partial charge on any atom is -0.355 e. The minimum atomic E-state index is 0.272. The number of thiophene rings is 1. The maximum Gasteiger partial charge on any atom is 0.225 e. The largest absolute Gasteiger partial charge is 0.355 e. The third-order valence-electron chi connectivity index (χ3n) is 6.63. The summed E-state index contributed by atoms with van der Waals surface area (Å²) in [6.07, 6.45) is 8.07. The maximum absolute atomic E-state index is 12.8. The highest BCUT2D eigenvalue weighted by Crippen LogP contribution is 2.27. The first-order valence-corrected chi connectivity index (χ1v) is 12.1. The third-order valence-corrected chi connectivity index (χ3v) is 7.65. The summed E-state index contributed by atoms with van der Waals surface area (Å²) in [7, 11) is 1.83. The lowest BCUT2D eigenvalue weighted by Gasteiger charge is -2.27. The normalized spacial score (nSPS) is 23.8. The Labute approximate surface area is 178 Å². The number of hydrogen-bond acceptors (Lipinski definition) is 4. The summed E-state index contributed by atoms with van der Waals surface area (Å²) in [6, 6.07) is 2.57. The molecule has 1 aromatic heterocycles. The van der Waals surface area contributed by atoms with Gasteiger partial charge < -0.3 is 15.5 Å². The second kappa shape index (κ2) is 9.94. The highest BCUT2D eigenvalue weighted by Gasteiger charge is 2.31. The van der Waals surface area contributed by atoms with E-state index in [1.807, 2.05) is 18.4 Å². The van der Waals surface area contributed by atoms with Crippen LogP contribution in [0.15, 0.2) is 16.4 Å². The molecule has 0 aromatic carbocycles. The van der Waals surface area contributed by atoms with Crippen LogP contribution in [-0.2, 0) is 17.8 Å². The Kier molecular flexibility index (Phi) is 7.08. The van der Waals surface area contributed by atoms with Gasteiger partial charge in [0.1, 0.15) is 0 Å². The molecule has 160 valence electrons. The van der Waals surface area contributed by atoms with Crippen molar-refractivity contribution in [3.63, 3.8) is 0 Å². The van der Waals surface area contributed by atoms with Crippen molar-refractivity contribution in [1.82, 2.24) is 20.4 Å². The van der Waals surface area contributed by atoms with Crippen molar-refractivity contribution in [1.29, 1.82) is 0 Å². The molecule has 1 saturated heterocycles. The number of nitrogens with one attached hydrogen (secondary N) is 2. The molecule has 29 heavy (non-hydrogen) atoms. The van der Waals surface area contributed by atoms with Gasteiger partial charge in [0.05, 0.1) is 0 Å². The summed E-state index contributed by atoms with van der Waals surface area (Å²) in [5.74, 6) is 1.51. The Morgan fingerprint density at radius 2 is 2.10 bits per heavy atom. The van der Waals surface area contributed by atoms with Crippen molar-refractivity contribution in [2.75, 3.05) is 39.8 Å². The maximum atomic E-state index is 12.8. The summed E-state index contributed by atoms with van der Waals surface area (Å²) in [6.45, 7) is 5.79. The van der Waals surface area contributed by atoms with Gasteiger partial charge in [-0.3, -0.25) is 14.7 Å². The fraction of sp³-hybridized carbons (Fsp3) is 0.727. The first-order valence-electron chi connectivity index (χ1n) is 11.3. The second-order valence-electron chi connectivity index (χ2n) is 8.64. The predicted molar refractivity (Wildman–Crippen MR) is 119 cm³/mol. The fourth-order valence-electron chi connectivity index (χ4n) is 4.90. The van der Waals surface area contributed by atoms with Crippen LogP contribution >= 0.6 is 11.3 Å². The zero-order valence-corrected chi connectivity index (χ0v) is 18.5. The first kappa shape index (κ1) is 20.7. The van der Waals surface area contributed by atoms with Gasteiger partial charge in [-0.2, -0.15) is 0 Å². The standard InChI is InChI=1S/C22H35N5OS/c1-23-22(24-10-13-26-11-8-20-18(15-26)9-14-29-20)25-19-7-12-27(16-19)21(28)17-5-3-2-4-6-17/h9,14,17,19H,2-8,10-13,15-16H2,1H3,(H2,23,24,25). The molecule has 1 unspecified atom stereocenters. The van der Waals surface area contributed by atoms with E-state index in [1.54, 1.807) is 4.88 Å². The average molecular weight is 418 g/mol. The van der Waals surface area contributed by atoms with Gasteiger partial charge in [-0.15, -0.1) is 11.3 Å². The average Bonchev–Trinajstić information content (AvgIpc) is 3.42. The van der Waals surface area contributed by atoms with Gasteiger partial charge in [0.2, 0.25) is 5.91 Å².